The number of benzene rings is 1. The lowest BCUT2D eigenvalue weighted by atomic mass is 10.1. The van der Waals surface area contributed by atoms with E-state index in [-0.39, 0.29) is 0 Å². The summed E-state index contributed by atoms with van der Waals surface area (Å²) < 4.78 is 1.04. The maximum Gasteiger partial charge on any atom is 0.0462 e. The van der Waals surface area contributed by atoms with Crippen molar-refractivity contribution in [2.45, 2.75) is 45.3 Å². The molecule has 106 valence electrons. The predicted octanol–water partition coefficient (Wildman–Crippen LogP) is 4.06. The third kappa shape index (κ3) is 4.19. The van der Waals surface area contributed by atoms with Crippen molar-refractivity contribution < 1.29 is 0 Å². The van der Waals surface area contributed by atoms with Crippen LogP contribution in [0.5, 0.6) is 0 Å². The summed E-state index contributed by atoms with van der Waals surface area (Å²) in [5.74, 6) is 0. The van der Waals surface area contributed by atoms with Crippen LogP contribution in [0, 0.1) is 0 Å². The van der Waals surface area contributed by atoms with Gasteiger partial charge in [0, 0.05) is 34.7 Å². The Labute approximate surface area is 129 Å². The molecular weight excluding hydrogens is 324 g/mol. The SMILES string of the molecule is CCC1CN(Cc2ccc(Br)cc2Cl)C(C)CCN1. The van der Waals surface area contributed by atoms with Crippen molar-refractivity contribution in [1.82, 2.24) is 10.2 Å². The van der Waals surface area contributed by atoms with Gasteiger partial charge in [-0.3, -0.25) is 4.90 Å². The lowest BCUT2D eigenvalue weighted by Crippen LogP contribution is -2.39. The fourth-order valence-corrected chi connectivity index (χ4v) is 3.30. The van der Waals surface area contributed by atoms with Crippen LogP contribution in [0.15, 0.2) is 22.7 Å². The molecule has 19 heavy (non-hydrogen) atoms. The van der Waals surface area contributed by atoms with E-state index in [0.29, 0.717) is 12.1 Å². The molecule has 1 aromatic carbocycles. The molecule has 1 aromatic rings. The quantitative estimate of drug-likeness (QED) is 0.888. The summed E-state index contributed by atoms with van der Waals surface area (Å²) >= 11 is 9.79. The van der Waals surface area contributed by atoms with Crippen LogP contribution in [-0.2, 0) is 6.54 Å². The zero-order valence-corrected chi connectivity index (χ0v) is 14.0. The topological polar surface area (TPSA) is 15.3 Å². The first-order valence-electron chi connectivity index (χ1n) is 7.01. The maximum absolute atomic E-state index is 6.34. The molecule has 2 atom stereocenters. The van der Waals surface area contributed by atoms with E-state index in [9.17, 15) is 0 Å². The first-order chi connectivity index (χ1) is 9.10. The van der Waals surface area contributed by atoms with E-state index >= 15 is 0 Å². The third-order valence-electron chi connectivity index (χ3n) is 3.95. The van der Waals surface area contributed by atoms with E-state index < -0.39 is 0 Å². The number of hydrogen-bond acceptors (Lipinski definition) is 2. The summed E-state index contributed by atoms with van der Waals surface area (Å²) in [7, 11) is 0. The molecule has 1 N–H and O–H groups in total. The Hall–Kier alpha value is -0.0900. The standard InChI is InChI=1S/C15H22BrClN2/c1-3-14-10-19(11(2)6-7-18-14)9-12-4-5-13(16)8-15(12)17/h4-5,8,11,14,18H,3,6-7,9-10H2,1-2H3. The predicted molar refractivity (Wildman–Crippen MR) is 85.7 cm³/mol. The van der Waals surface area contributed by atoms with Crippen molar-refractivity contribution in [3.63, 3.8) is 0 Å². The molecule has 1 aliphatic rings. The van der Waals surface area contributed by atoms with Gasteiger partial charge in [-0.25, -0.2) is 0 Å². The molecule has 1 heterocycles. The molecule has 2 nitrogen and oxygen atoms in total. The Kier molecular flexibility index (Phi) is 5.70. The van der Waals surface area contributed by atoms with Gasteiger partial charge in [-0.15, -0.1) is 0 Å². The highest BCUT2D eigenvalue weighted by Crippen LogP contribution is 2.24. The monoisotopic (exact) mass is 344 g/mol. The van der Waals surface area contributed by atoms with Gasteiger partial charge in [0.15, 0.2) is 0 Å². The zero-order valence-electron chi connectivity index (χ0n) is 11.6. The van der Waals surface area contributed by atoms with Gasteiger partial charge in [0.1, 0.15) is 0 Å². The van der Waals surface area contributed by atoms with Crippen molar-refractivity contribution in [2.75, 3.05) is 13.1 Å². The fraction of sp³-hybridized carbons (Fsp3) is 0.600. The first kappa shape index (κ1) is 15.3. The van der Waals surface area contributed by atoms with Gasteiger partial charge in [0.05, 0.1) is 0 Å². The minimum Gasteiger partial charge on any atom is -0.313 e. The molecule has 0 aromatic heterocycles. The van der Waals surface area contributed by atoms with Gasteiger partial charge in [-0.1, -0.05) is 40.5 Å². The van der Waals surface area contributed by atoms with Gasteiger partial charge >= 0.3 is 0 Å². The smallest absolute Gasteiger partial charge is 0.0462 e. The third-order valence-corrected chi connectivity index (χ3v) is 4.80. The molecule has 0 amide bonds. The minimum atomic E-state index is 0.596. The number of halogens is 2. The molecule has 0 saturated carbocycles. The molecule has 1 saturated heterocycles. The van der Waals surface area contributed by atoms with Crippen LogP contribution in [0.2, 0.25) is 5.02 Å². The summed E-state index contributed by atoms with van der Waals surface area (Å²) in [6.07, 6.45) is 2.38. The summed E-state index contributed by atoms with van der Waals surface area (Å²) in [4.78, 5) is 2.54. The molecule has 1 aliphatic heterocycles. The highest BCUT2D eigenvalue weighted by molar-refractivity contribution is 9.10. The molecule has 2 unspecified atom stereocenters. The van der Waals surface area contributed by atoms with Crippen molar-refractivity contribution in [1.29, 1.82) is 0 Å². The van der Waals surface area contributed by atoms with Crippen LogP contribution in [0.4, 0.5) is 0 Å². The van der Waals surface area contributed by atoms with E-state index in [1.165, 1.54) is 18.4 Å². The molecule has 0 aliphatic carbocycles. The number of nitrogens with one attached hydrogen (secondary N) is 1. The van der Waals surface area contributed by atoms with Crippen LogP contribution in [0.1, 0.15) is 32.3 Å². The van der Waals surface area contributed by atoms with E-state index in [1.807, 2.05) is 6.07 Å². The zero-order chi connectivity index (χ0) is 13.8. The summed E-state index contributed by atoms with van der Waals surface area (Å²) in [6.45, 7) is 7.71. The van der Waals surface area contributed by atoms with Gasteiger partial charge in [0.2, 0.25) is 0 Å². The lowest BCUT2D eigenvalue weighted by Gasteiger charge is -2.29. The van der Waals surface area contributed by atoms with Gasteiger partial charge in [-0.05, 0) is 44.0 Å². The van der Waals surface area contributed by atoms with Gasteiger partial charge in [-0.2, -0.15) is 0 Å². The van der Waals surface area contributed by atoms with Crippen molar-refractivity contribution in [3.8, 4) is 0 Å². The Morgan fingerprint density at radius 3 is 2.95 bits per heavy atom. The maximum atomic E-state index is 6.34. The molecule has 0 radical (unpaired) electrons. The average molecular weight is 346 g/mol. The van der Waals surface area contributed by atoms with Crippen molar-refractivity contribution >= 4 is 27.5 Å². The molecule has 4 heteroatoms. The minimum absolute atomic E-state index is 0.596. The molecule has 1 fully saturated rings. The molecule has 0 spiro atoms. The molecule has 2 rings (SSSR count). The van der Waals surface area contributed by atoms with Gasteiger partial charge in [0.25, 0.3) is 0 Å². The van der Waals surface area contributed by atoms with Crippen LogP contribution >= 0.6 is 27.5 Å². The van der Waals surface area contributed by atoms with Gasteiger partial charge < -0.3 is 5.32 Å². The van der Waals surface area contributed by atoms with Crippen molar-refractivity contribution in [2.24, 2.45) is 0 Å². The summed E-state index contributed by atoms with van der Waals surface area (Å²) in [5.41, 5.74) is 1.22. The number of rotatable bonds is 3. The second-order valence-electron chi connectivity index (χ2n) is 5.36. The van der Waals surface area contributed by atoms with E-state index in [0.717, 1.165) is 29.1 Å². The highest BCUT2D eigenvalue weighted by atomic mass is 79.9. The normalized spacial score (nSPS) is 25.3. The average Bonchev–Trinajstić information content (AvgIpc) is 2.55. The first-order valence-corrected chi connectivity index (χ1v) is 8.18. The van der Waals surface area contributed by atoms with Crippen LogP contribution in [-0.4, -0.2) is 30.1 Å². The van der Waals surface area contributed by atoms with E-state index in [4.69, 9.17) is 11.6 Å². The van der Waals surface area contributed by atoms with E-state index in [2.05, 4.69) is 52.1 Å². The largest absolute Gasteiger partial charge is 0.313 e. The van der Waals surface area contributed by atoms with Crippen LogP contribution < -0.4 is 5.32 Å². The fourth-order valence-electron chi connectivity index (χ4n) is 2.57. The Morgan fingerprint density at radius 2 is 2.26 bits per heavy atom. The van der Waals surface area contributed by atoms with Crippen LogP contribution in [0.3, 0.4) is 0 Å². The van der Waals surface area contributed by atoms with Crippen LogP contribution in [0.25, 0.3) is 0 Å². The highest BCUT2D eigenvalue weighted by Gasteiger charge is 2.22. The molecule has 0 bridgehead atoms. The Balaban J connectivity index is 2.10. The Bertz CT molecular complexity index is 425. The lowest BCUT2D eigenvalue weighted by molar-refractivity contribution is 0.194. The molecular formula is C15H22BrClN2. The Morgan fingerprint density at radius 1 is 1.47 bits per heavy atom. The second-order valence-corrected chi connectivity index (χ2v) is 6.69. The summed E-state index contributed by atoms with van der Waals surface area (Å²) in [5, 5.41) is 4.47. The second kappa shape index (κ2) is 7.07. The van der Waals surface area contributed by atoms with E-state index in [1.54, 1.807) is 0 Å². The van der Waals surface area contributed by atoms with Crippen molar-refractivity contribution in [3.05, 3.63) is 33.3 Å². The number of nitrogens with zero attached hydrogens (tertiary/aromatic N) is 1. The number of hydrogen-bond donors (Lipinski definition) is 1. The summed E-state index contributed by atoms with van der Waals surface area (Å²) in [6, 6.07) is 7.37.